The SMILES string of the molecule is CC(C)N(Cc1cc(Cl)ccc1Cl)C(=O)[C@H]1CCCN(C(=O)OC(C)(C)C)C1. The lowest BCUT2D eigenvalue weighted by molar-refractivity contribution is -0.139. The molecule has 28 heavy (non-hydrogen) atoms. The number of carbonyl (C=O) groups excluding carboxylic acids is 2. The second kappa shape index (κ2) is 9.36. The number of hydrogen-bond acceptors (Lipinski definition) is 3. The zero-order valence-electron chi connectivity index (χ0n) is 17.3. The zero-order valence-corrected chi connectivity index (χ0v) is 18.8. The summed E-state index contributed by atoms with van der Waals surface area (Å²) in [5, 5.41) is 1.17. The molecule has 0 spiro atoms. The van der Waals surface area contributed by atoms with Crippen molar-refractivity contribution >= 4 is 35.2 Å². The Balaban J connectivity index is 2.11. The van der Waals surface area contributed by atoms with Crippen LogP contribution in [0.4, 0.5) is 4.79 Å². The maximum Gasteiger partial charge on any atom is 0.410 e. The molecule has 0 bridgehead atoms. The second-order valence-electron chi connectivity index (χ2n) is 8.56. The fourth-order valence-electron chi connectivity index (χ4n) is 3.27. The summed E-state index contributed by atoms with van der Waals surface area (Å²) in [7, 11) is 0. The van der Waals surface area contributed by atoms with Gasteiger partial charge in [0.25, 0.3) is 0 Å². The first kappa shape index (κ1) is 22.8. The van der Waals surface area contributed by atoms with E-state index >= 15 is 0 Å². The summed E-state index contributed by atoms with van der Waals surface area (Å²) >= 11 is 12.4. The average Bonchev–Trinajstić information content (AvgIpc) is 2.60. The van der Waals surface area contributed by atoms with Crippen molar-refractivity contribution in [1.82, 2.24) is 9.80 Å². The molecule has 156 valence electrons. The van der Waals surface area contributed by atoms with Gasteiger partial charge in [-0.3, -0.25) is 4.79 Å². The first-order valence-electron chi connectivity index (χ1n) is 9.70. The lowest BCUT2D eigenvalue weighted by atomic mass is 9.96. The maximum atomic E-state index is 13.3. The number of amides is 2. The number of nitrogens with zero attached hydrogens (tertiary/aromatic N) is 2. The molecule has 1 aliphatic rings. The van der Waals surface area contributed by atoms with Crippen LogP contribution in [-0.4, -0.2) is 46.5 Å². The van der Waals surface area contributed by atoms with Crippen molar-refractivity contribution in [2.24, 2.45) is 5.92 Å². The van der Waals surface area contributed by atoms with Crippen LogP contribution in [0.3, 0.4) is 0 Å². The van der Waals surface area contributed by atoms with Crippen LogP contribution in [0, 0.1) is 5.92 Å². The normalized spacial score (nSPS) is 17.6. The first-order chi connectivity index (χ1) is 13.0. The third-order valence-corrected chi connectivity index (χ3v) is 5.28. The number of piperidine rings is 1. The van der Waals surface area contributed by atoms with Crippen LogP contribution >= 0.6 is 23.2 Å². The summed E-state index contributed by atoms with van der Waals surface area (Å²) in [5.41, 5.74) is 0.262. The van der Waals surface area contributed by atoms with E-state index in [1.54, 1.807) is 28.0 Å². The molecule has 0 N–H and O–H groups in total. The highest BCUT2D eigenvalue weighted by Gasteiger charge is 2.34. The van der Waals surface area contributed by atoms with Crippen LogP contribution in [0.1, 0.15) is 53.0 Å². The fourth-order valence-corrected chi connectivity index (χ4v) is 3.64. The number of halogens is 2. The van der Waals surface area contributed by atoms with Crippen molar-refractivity contribution in [2.45, 2.75) is 65.6 Å². The molecule has 0 unspecified atom stereocenters. The lowest BCUT2D eigenvalue weighted by Gasteiger charge is -2.37. The number of carbonyl (C=O) groups is 2. The summed E-state index contributed by atoms with van der Waals surface area (Å²) in [4.78, 5) is 29.1. The van der Waals surface area contributed by atoms with Crippen LogP contribution in [-0.2, 0) is 16.1 Å². The van der Waals surface area contributed by atoms with E-state index in [0.29, 0.717) is 29.7 Å². The van der Waals surface area contributed by atoms with Crippen molar-refractivity contribution in [3.63, 3.8) is 0 Å². The minimum absolute atomic E-state index is 0.000508. The highest BCUT2D eigenvalue weighted by atomic mass is 35.5. The highest BCUT2D eigenvalue weighted by Crippen LogP contribution is 2.26. The van der Waals surface area contributed by atoms with E-state index < -0.39 is 5.60 Å². The van der Waals surface area contributed by atoms with Gasteiger partial charge in [-0.1, -0.05) is 23.2 Å². The van der Waals surface area contributed by atoms with Crippen LogP contribution in [0.15, 0.2) is 18.2 Å². The number of benzene rings is 1. The van der Waals surface area contributed by atoms with Crippen molar-refractivity contribution in [3.05, 3.63) is 33.8 Å². The van der Waals surface area contributed by atoms with Gasteiger partial charge in [-0.2, -0.15) is 0 Å². The molecule has 1 aromatic carbocycles. The number of rotatable bonds is 4. The van der Waals surface area contributed by atoms with E-state index in [0.717, 1.165) is 18.4 Å². The largest absolute Gasteiger partial charge is 0.444 e. The van der Waals surface area contributed by atoms with Crippen molar-refractivity contribution in [3.8, 4) is 0 Å². The molecule has 1 fully saturated rings. The standard InChI is InChI=1S/C21H30Cl2N2O3/c1-14(2)25(13-16-11-17(22)8-9-18(16)23)19(26)15-7-6-10-24(12-15)20(27)28-21(3,4)5/h8-9,11,14-15H,6-7,10,12-13H2,1-5H3/t15-/m0/s1. The van der Waals surface area contributed by atoms with Crippen LogP contribution in [0.25, 0.3) is 0 Å². The quantitative estimate of drug-likeness (QED) is 0.646. The topological polar surface area (TPSA) is 49.9 Å². The highest BCUT2D eigenvalue weighted by molar-refractivity contribution is 6.33. The van der Waals surface area contributed by atoms with Gasteiger partial charge in [0, 0.05) is 35.7 Å². The second-order valence-corrected chi connectivity index (χ2v) is 9.40. The molecule has 0 saturated carbocycles. The third kappa shape index (κ3) is 6.28. The Morgan fingerprint density at radius 1 is 1.29 bits per heavy atom. The van der Waals surface area contributed by atoms with Gasteiger partial charge in [0.15, 0.2) is 0 Å². The molecule has 1 atom stereocenters. The Labute approximate surface area is 177 Å². The summed E-state index contributed by atoms with van der Waals surface area (Å²) < 4.78 is 5.47. The van der Waals surface area contributed by atoms with Crippen LogP contribution < -0.4 is 0 Å². The van der Waals surface area contributed by atoms with Gasteiger partial charge in [0.05, 0.1) is 5.92 Å². The zero-order chi connectivity index (χ0) is 21.1. The van der Waals surface area contributed by atoms with Gasteiger partial charge in [-0.15, -0.1) is 0 Å². The predicted molar refractivity (Wildman–Crippen MR) is 113 cm³/mol. The molecule has 5 nitrogen and oxygen atoms in total. The summed E-state index contributed by atoms with van der Waals surface area (Å²) in [6.45, 7) is 10.8. The Kier molecular flexibility index (Phi) is 7.63. The molecule has 1 heterocycles. The Morgan fingerprint density at radius 3 is 2.57 bits per heavy atom. The van der Waals surface area contributed by atoms with Gasteiger partial charge in [-0.25, -0.2) is 4.79 Å². The maximum absolute atomic E-state index is 13.3. The van der Waals surface area contributed by atoms with Gasteiger partial charge in [-0.05, 0) is 71.2 Å². The van der Waals surface area contributed by atoms with Gasteiger partial charge in [0.2, 0.25) is 5.91 Å². The van der Waals surface area contributed by atoms with Crippen molar-refractivity contribution in [2.75, 3.05) is 13.1 Å². The van der Waals surface area contributed by atoms with E-state index in [4.69, 9.17) is 27.9 Å². The molecular weight excluding hydrogens is 399 g/mol. The summed E-state index contributed by atoms with van der Waals surface area (Å²) in [5.74, 6) is -0.221. The summed E-state index contributed by atoms with van der Waals surface area (Å²) in [6, 6.07) is 5.27. The molecule has 2 amide bonds. The molecule has 0 radical (unpaired) electrons. The van der Waals surface area contributed by atoms with Crippen LogP contribution in [0.5, 0.6) is 0 Å². The van der Waals surface area contributed by atoms with Gasteiger partial charge in [0.1, 0.15) is 5.60 Å². The smallest absolute Gasteiger partial charge is 0.410 e. The minimum atomic E-state index is -0.554. The first-order valence-corrected chi connectivity index (χ1v) is 10.5. The van der Waals surface area contributed by atoms with E-state index in [-0.39, 0.29) is 24.0 Å². The van der Waals surface area contributed by atoms with E-state index in [9.17, 15) is 9.59 Å². The Hall–Kier alpha value is -1.46. The third-order valence-electron chi connectivity index (χ3n) is 4.68. The Morgan fingerprint density at radius 2 is 1.96 bits per heavy atom. The van der Waals surface area contributed by atoms with E-state index in [1.807, 2.05) is 34.6 Å². The average molecular weight is 429 g/mol. The molecular formula is C21H30Cl2N2O3. The molecule has 7 heteroatoms. The number of ether oxygens (including phenoxy) is 1. The van der Waals surface area contributed by atoms with Crippen molar-refractivity contribution in [1.29, 1.82) is 0 Å². The number of likely N-dealkylation sites (tertiary alicyclic amines) is 1. The van der Waals surface area contributed by atoms with E-state index in [2.05, 4.69) is 0 Å². The van der Waals surface area contributed by atoms with Crippen molar-refractivity contribution < 1.29 is 14.3 Å². The molecule has 1 saturated heterocycles. The molecule has 0 aliphatic carbocycles. The number of hydrogen-bond donors (Lipinski definition) is 0. The van der Waals surface area contributed by atoms with Gasteiger partial charge >= 0.3 is 6.09 Å². The Bertz CT molecular complexity index is 716. The molecule has 1 aliphatic heterocycles. The lowest BCUT2D eigenvalue weighted by Crippen LogP contribution is -2.49. The molecule has 1 aromatic rings. The predicted octanol–water partition coefficient (Wildman–Crippen LogP) is 5.38. The van der Waals surface area contributed by atoms with Crippen LogP contribution in [0.2, 0.25) is 10.0 Å². The minimum Gasteiger partial charge on any atom is -0.444 e. The monoisotopic (exact) mass is 428 g/mol. The molecule has 2 rings (SSSR count). The van der Waals surface area contributed by atoms with E-state index in [1.165, 1.54) is 0 Å². The van der Waals surface area contributed by atoms with Gasteiger partial charge < -0.3 is 14.5 Å². The fraction of sp³-hybridized carbons (Fsp3) is 0.619. The molecule has 0 aromatic heterocycles. The summed E-state index contributed by atoms with van der Waals surface area (Å²) in [6.07, 6.45) is 1.17.